The molecule has 0 heterocycles. The van der Waals surface area contributed by atoms with Gasteiger partial charge in [0, 0.05) is 28.8 Å². The zero-order valence-electron chi connectivity index (χ0n) is 8.86. The van der Waals surface area contributed by atoms with Crippen molar-refractivity contribution in [1.82, 2.24) is 0 Å². The summed E-state index contributed by atoms with van der Waals surface area (Å²) in [6.07, 6.45) is 0. The van der Waals surface area contributed by atoms with Crippen LogP contribution < -0.4 is 0 Å². The molecule has 2 aromatic carbocycles. The first kappa shape index (κ1) is 12.4. The number of halogens is 3. The number of nitro groups is 1. The van der Waals surface area contributed by atoms with Crippen molar-refractivity contribution in [3.63, 3.8) is 0 Å². The highest BCUT2D eigenvalue weighted by molar-refractivity contribution is 6.31. The Morgan fingerprint density at radius 1 is 1.11 bits per heavy atom. The van der Waals surface area contributed by atoms with E-state index >= 15 is 0 Å². The van der Waals surface area contributed by atoms with E-state index in [4.69, 9.17) is 11.6 Å². The van der Waals surface area contributed by atoms with Crippen LogP contribution in [0.2, 0.25) is 5.02 Å². The highest BCUT2D eigenvalue weighted by Crippen LogP contribution is 2.30. The van der Waals surface area contributed by atoms with Crippen molar-refractivity contribution in [3.05, 3.63) is 63.2 Å². The van der Waals surface area contributed by atoms with Crippen molar-refractivity contribution in [3.8, 4) is 11.1 Å². The van der Waals surface area contributed by atoms with Crippen LogP contribution in [0.25, 0.3) is 11.1 Å². The Morgan fingerprint density at radius 2 is 1.83 bits per heavy atom. The molecular weight excluding hydrogens is 264 g/mol. The molecule has 0 radical (unpaired) electrons. The smallest absolute Gasteiger partial charge is 0.258 e. The molecule has 0 N–H and O–H groups in total. The Bertz CT molecular complexity index is 631. The van der Waals surface area contributed by atoms with Crippen molar-refractivity contribution in [2.75, 3.05) is 0 Å². The Kier molecular flexibility index (Phi) is 3.25. The normalized spacial score (nSPS) is 10.4. The lowest BCUT2D eigenvalue weighted by molar-refractivity contribution is -0.384. The van der Waals surface area contributed by atoms with Gasteiger partial charge in [-0.05, 0) is 23.8 Å². The van der Waals surface area contributed by atoms with Gasteiger partial charge in [-0.3, -0.25) is 10.1 Å². The van der Waals surface area contributed by atoms with E-state index in [1.807, 2.05) is 0 Å². The monoisotopic (exact) mass is 269 g/mol. The van der Waals surface area contributed by atoms with E-state index in [-0.39, 0.29) is 21.8 Å². The van der Waals surface area contributed by atoms with E-state index in [1.165, 1.54) is 18.2 Å². The van der Waals surface area contributed by atoms with Crippen molar-refractivity contribution in [2.45, 2.75) is 0 Å². The maximum atomic E-state index is 13.5. The molecule has 0 saturated heterocycles. The maximum absolute atomic E-state index is 13.5. The summed E-state index contributed by atoms with van der Waals surface area (Å²) in [7, 11) is 0. The predicted molar refractivity (Wildman–Crippen MR) is 63.5 cm³/mol. The minimum absolute atomic E-state index is 0.0574. The van der Waals surface area contributed by atoms with Gasteiger partial charge in [-0.1, -0.05) is 11.6 Å². The fraction of sp³-hybridized carbons (Fsp3) is 0. The second-order valence-electron chi connectivity index (χ2n) is 3.58. The number of hydrogen-bond donors (Lipinski definition) is 0. The molecule has 0 saturated carbocycles. The average molecular weight is 270 g/mol. The third-order valence-electron chi connectivity index (χ3n) is 2.34. The largest absolute Gasteiger partial charge is 0.271 e. The molecule has 6 heteroatoms. The maximum Gasteiger partial charge on any atom is 0.271 e. The molecule has 0 atom stereocenters. The molecule has 0 aromatic heterocycles. The standard InChI is InChI=1S/C12H6ClF2NO2/c13-8-3-7(4-10(5-8)16(17)18)11-2-1-9(14)6-12(11)15/h1-6H. The molecule has 0 aliphatic carbocycles. The van der Waals surface area contributed by atoms with Crippen LogP contribution in [0, 0.1) is 21.7 Å². The van der Waals surface area contributed by atoms with E-state index < -0.39 is 16.6 Å². The highest BCUT2D eigenvalue weighted by atomic mass is 35.5. The summed E-state index contributed by atoms with van der Waals surface area (Å²) in [5, 5.41) is 10.8. The lowest BCUT2D eigenvalue weighted by atomic mass is 10.0. The average Bonchev–Trinajstić information content (AvgIpc) is 2.27. The zero-order valence-corrected chi connectivity index (χ0v) is 9.62. The lowest BCUT2D eigenvalue weighted by Crippen LogP contribution is -1.91. The van der Waals surface area contributed by atoms with Crippen molar-refractivity contribution >= 4 is 17.3 Å². The molecule has 0 aliphatic rings. The highest BCUT2D eigenvalue weighted by Gasteiger charge is 2.13. The van der Waals surface area contributed by atoms with Crippen molar-refractivity contribution < 1.29 is 13.7 Å². The van der Waals surface area contributed by atoms with E-state index in [0.29, 0.717) is 6.07 Å². The molecule has 0 amide bonds. The van der Waals surface area contributed by atoms with E-state index in [1.54, 1.807) is 0 Å². The second-order valence-corrected chi connectivity index (χ2v) is 4.02. The topological polar surface area (TPSA) is 43.1 Å². The third kappa shape index (κ3) is 2.46. The molecule has 18 heavy (non-hydrogen) atoms. The first-order valence-electron chi connectivity index (χ1n) is 4.88. The summed E-state index contributed by atoms with van der Waals surface area (Å²) in [6, 6.07) is 6.72. The van der Waals surface area contributed by atoms with Gasteiger partial charge in [0.25, 0.3) is 5.69 Å². The Labute approximate surface area is 106 Å². The molecule has 0 unspecified atom stereocenters. The fourth-order valence-electron chi connectivity index (χ4n) is 1.56. The van der Waals surface area contributed by atoms with Crippen LogP contribution in [0.4, 0.5) is 14.5 Å². The zero-order chi connectivity index (χ0) is 13.3. The van der Waals surface area contributed by atoms with Crippen LogP contribution in [-0.4, -0.2) is 4.92 Å². The van der Waals surface area contributed by atoms with E-state index in [9.17, 15) is 18.9 Å². The summed E-state index contributed by atoms with van der Waals surface area (Å²) in [5.41, 5.74) is 0.0370. The molecule has 0 spiro atoms. The number of nitro benzene ring substituents is 1. The molecule has 92 valence electrons. The summed E-state index contributed by atoms with van der Waals surface area (Å²) < 4.78 is 26.3. The molecule has 0 fully saturated rings. The van der Waals surface area contributed by atoms with Gasteiger partial charge in [-0.25, -0.2) is 8.78 Å². The number of rotatable bonds is 2. The van der Waals surface area contributed by atoms with Crippen LogP contribution >= 0.6 is 11.6 Å². The van der Waals surface area contributed by atoms with Gasteiger partial charge < -0.3 is 0 Å². The SMILES string of the molecule is O=[N+]([O-])c1cc(Cl)cc(-c2ccc(F)cc2F)c1. The number of nitrogens with zero attached hydrogens (tertiary/aromatic N) is 1. The number of non-ortho nitro benzene ring substituents is 1. The molecule has 3 nitrogen and oxygen atoms in total. The van der Waals surface area contributed by atoms with Crippen molar-refractivity contribution in [2.24, 2.45) is 0 Å². The van der Waals surface area contributed by atoms with Gasteiger partial charge in [0.05, 0.1) is 4.92 Å². The summed E-state index contributed by atoms with van der Waals surface area (Å²) >= 11 is 5.73. The van der Waals surface area contributed by atoms with Gasteiger partial charge in [0.1, 0.15) is 11.6 Å². The van der Waals surface area contributed by atoms with Gasteiger partial charge in [0.15, 0.2) is 0 Å². The van der Waals surface area contributed by atoms with Crippen LogP contribution in [0.15, 0.2) is 36.4 Å². The molecule has 2 aromatic rings. The Hall–Kier alpha value is -2.01. The number of hydrogen-bond acceptors (Lipinski definition) is 2. The van der Waals surface area contributed by atoms with E-state index in [0.717, 1.165) is 12.1 Å². The van der Waals surface area contributed by atoms with Crippen LogP contribution in [0.5, 0.6) is 0 Å². The van der Waals surface area contributed by atoms with Gasteiger partial charge in [-0.15, -0.1) is 0 Å². The predicted octanol–water partition coefficient (Wildman–Crippen LogP) is 4.19. The molecule has 0 bridgehead atoms. The van der Waals surface area contributed by atoms with Crippen LogP contribution in [0.1, 0.15) is 0 Å². The van der Waals surface area contributed by atoms with Gasteiger partial charge in [0.2, 0.25) is 0 Å². The first-order chi connectivity index (χ1) is 8.47. The minimum atomic E-state index is -0.799. The minimum Gasteiger partial charge on any atom is -0.258 e. The molecule has 2 rings (SSSR count). The molecular formula is C12H6ClF2NO2. The lowest BCUT2D eigenvalue weighted by Gasteiger charge is -2.04. The Morgan fingerprint density at radius 3 is 2.44 bits per heavy atom. The van der Waals surface area contributed by atoms with E-state index in [2.05, 4.69) is 0 Å². The Balaban J connectivity index is 2.60. The molecule has 0 aliphatic heterocycles. The van der Waals surface area contributed by atoms with Gasteiger partial charge >= 0.3 is 0 Å². The van der Waals surface area contributed by atoms with Crippen molar-refractivity contribution in [1.29, 1.82) is 0 Å². The van der Waals surface area contributed by atoms with Crippen LogP contribution in [0.3, 0.4) is 0 Å². The quantitative estimate of drug-likeness (QED) is 0.606. The van der Waals surface area contributed by atoms with Gasteiger partial charge in [-0.2, -0.15) is 0 Å². The fourth-order valence-corrected chi connectivity index (χ4v) is 1.79. The third-order valence-corrected chi connectivity index (χ3v) is 2.55. The van der Waals surface area contributed by atoms with Crippen LogP contribution in [-0.2, 0) is 0 Å². The summed E-state index contributed by atoms with van der Waals surface area (Å²) in [4.78, 5) is 10.0. The second kappa shape index (κ2) is 4.70. The first-order valence-corrected chi connectivity index (χ1v) is 5.25. The summed E-state index contributed by atoms with van der Waals surface area (Å²) in [5.74, 6) is -1.51. The number of benzene rings is 2. The summed E-state index contributed by atoms with van der Waals surface area (Å²) in [6.45, 7) is 0.